The lowest BCUT2D eigenvalue weighted by Gasteiger charge is -2.18. The van der Waals surface area contributed by atoms with Gasteiger partial charge in [-0.3, -0.25) is 4.79 Å². The van der Waals surface area contributed by atoms with Crippen LogP contribution >= 0.6 is 11.3 Å². The Bertz CT molecular complexity index is 1160. The topological polar surface area (TPSA) is 61.9 Å². The second-order valence-electron chi connectivity index (χ2n) is 6.64. The van der Waals surface area contributed by atoms with E-state index in [1.54, 1.807) is 24.5 Å². The smallest absolute Gasteiger partial charge is 0.254 e. The number of thiophene rings is 1. The average molecular weight is 376 g/mol. The Morgan fingerprint density at radius 1 is 1.15 bits per heavy atom. The van der Waals surface area contributed by atoms with E-state index >= 15 is 0 Å². The van der Waals surface area contributed by atoms with Crippen LogP contribution in [0.4, 0.5) is 5.82 Å². The highest BCUT2D eigenvalue weighted by Crippen LogP contribution is 2.27. The largest absolute Gasteiger partial charge is 0.355 e. The molecule has 4 rings (SSSR count). The zero-order valence-corrected chi connectivity index (χ0v) is 16.3. The first-order valence-corrected chi connectivity index (χ1v) is 9.61. The fourth-order valence-corrected chi connectivity index (χ4v) is 3.98. The van der Waals surface area contributed by atoms with Crippen molar-refractivity contribution in [1.82, 2.24) is 15.0 Å². The monoisotopic (exact) mass is 376 g/mol. The van der Waals surface area contributed by atoms with Crippen molar-refractivity contribution in [3.8, 4) is 11.4 Å². The molecule has 0 saturated carbocycles. The summed E-state index contributed by atoms with van der Waals surface area (Å²) in [7, 11) is 2.03. The fraction of sp³-hybridized carbons (Fsp3) is 0.190. The molecule has 0 aliphatic heterocycles. The number of hydrogen-bond donors (Lipinski definition) is 1. The van der Waals surface area contributed by atoms with Gasteiger partial charge < -0.3 is 9.88 Å². The molecule has 0 radical (unpaired) electrons. The van der Waals surface area contributed by atoms with Crippen LogP contribution in [-0.4, -0.2) is 22.0 Å². The summed E-state index contributed by atoms with van der Waals surface area (Å²) in [6.07, 6.45) is 1.75. The summed E-state index contributed by atoms with van der Waals surface area (Å²) in [4.78, 5) is 25.9. The minimum atomic E-state index is -0.108. The van der Waals surface area contributed by atoms with Crippen molar-refractivity contribution in [2.45, 2.75) is 20.4 Å². The van der Waals surface area contributed by atoms with E-state index in [4.69, 9.17) is 0 Å². The normalized spacial score (nSPS) is 11.1. The summed E-state index contributed by atoms with van der Waals surface area (Å²) in [6.45, 7) is 4.40. The van der Waals surface area contributed by atoms with Crippen LogP contribution in [0, 0.1) is 13.8 Å². The molecule has 1 N–H and O–H groups in total. The number of nitrogens with zero attached hydrogens (tertiary/aromatic N) is 3. The summed E-state index contributed by atoms with van der Waals surface area (Å²) < 4.78 is 1.30. The first-order valence-electron chi connectivity index (χ1n) is 8.73. The highest BCUT2D eigenvalue weighted by Gasteiger charge is 2.10. The van der Waals surface area contributed by atoms with E-state index in [2.05, 4.69) is 49.5 Å². The van der Waals surface area contributed by atoms with Crippen molar-refractivity contribution >= 4 is 27.2 Å². The van der Waals surface area contributed by atoms with Crippen LogP contribution in [0.5, 0.6) is 0 Å². The predicted octanol–water partition coefficient (Wildman–Crippen LogP) is 4.30. The van der Waals surface area contributed by atoms with Gasteiger partial charge in [-0.1, -0.05) is 18.2 Å². The van der Waals surface area contributed by atoms with Crippen molar-refractivity contribution in [3.05, 3.63) is 75.1 Å². The van der Waals surface area contributed by atoms with Gasteiger partial charge in [0.05, 0.1) is 0 Å². The van der Waals surface area contributed by atoms with Crippen LogP contribution in [0.15, 0.2) is 52.8 Å². The fourth-order valence-electron chi connectivity index (χ4n) is 3.03. The first kappa shape index (κ1) is 17.4. The lowest BCUT2D eigenvalue weighted by atomic mass is 10.1. The van der Waals surface area contributed by atoms with Crippen LogP contribution in [0.25, 0.3) is 21.5 Å². The van der Waals surface area contributed by atoms with E-state index in [9.17, 15) is 4.79 Å². The second-order valence-corrected chi connectivity index (χ2v) is 7.55. The highest BCUT2D eigenvalue weighted by molar-refractivity contribution is 7.17. The van der Waals surface area contributed by atoms with Crippen molar-refractivity contribution in [3.63, 3.8) is 0 Å². The predicted molar refractivity (Wildman–Crippen MR) is 111 cm³/mol. The molecule has 0 spiro atoms. The number of aromatic nitrogens is 3. The first-order chi connectivity index (χ1) is 13.0. The summed E-state index contributed by atoms with van der Waals surface area (Å²) >= 11 is 1.77. The van der Waals surface area contributed by atoms with Gasteiger partial charge in [0.1, 0.15) is 11.6 Å². The summed E-state index contributed by atoms with van der Waals surface area (Å²) in [5, 5.41) is 3.50. The molecule has 0 fully saturated rings. The molecule has 4 aromatic rings. The molecule has 0 unspecified atom stereocenters. The van der Waals surface area contributed by atoms with Crippen LogP contribution in [0.2, 0.25) is 0 Å². The molecule has 136 valence electrons. The maximum absolute atomic E-state index is 12.0. The minimum Gasteiger partial charge on any atom is -0.355 e. The van der Waals surface area contributed by atoms with E-state index in [-0.39, 0.29) is 5.56 Å². The van der Waals surface area contributed by atoms with E-state index < -0.39 is 0 Å². The molecule has 0 amide bonds. The zero-order chi connectivity index (χ0) is 19.0. The number of aryl methyl sites for hydroxylation is 1. The van der Waals surface area contributed by atoms with Gasteiger partial charge in [0.15, 0.2) is 0 Å². The molecule has 0 aliphatic rings. The summed E-state index contributed by atoms with van der Waals surface area (Å²) in [5.41, 5.74) is 3.37. The number of aromatic amines is 1. The molecular formula is C21H20N4OS. The molecule has 3 aromatic heterocycles. The van der Waals surface area contributed by atoms with Gasteiger partial charge in [-0.25, -0.2) is 9.97 Å². The van der Waals surface area contributed by atoms with Gasteiger partial charge in [0, 0.05) is 41.3 Å². The number of fused-ring (bicyclic) bond motifs is 1. The van der Waals surface area contributed by atoms with E-state index in [0.717, 1.165) is 23.6 Å². The third-order valence-electron chi connectivity index (χ3n) is 4.78. The van der Waals surface area contributed by atoms with Crippen LogP contribution < -0.4 is 10.5 Å². The second kappa shape index (κ2) is 6.96. The molecule has 0 saturated heterocycles. The Labute approximate surface area is 161 Å². The maximum Gasteiger partial charge on any atom is 0.254 e. The van der Waals surface area contributed by atoms with Crippen LogP contribution in [0.1, 0.15) is 16.8 Å². The van der Waals surface area contributed by atoms with Gasteiger partial charge in [-0.2, -0.15) is 0 Å². The summed E-state index contributed by atoms with van der Waals surface area (Å²) in [5.74, 6) is 1.42. The van der Waals surface area contributed by atoms with E-state index in [1.165, 1.54) is 15.6 Å². The van der Waals surface area contributed by atoms with Gasteiger partial charge in [-0.05, 0) is 48.4 Å². The number of anilines is 1. The number of rotatable bonds is 4. The Morgan fingerprint density at radius 3 is 2.70 bits per heavy atom. The number of benzene rings is 1. The van der Waals surface area contributed by atoms with Gasteiger partial charge in [0.2, 0.25) is 0 Å². The van der Waals surface area contributed by atoms with Crippen LogP contribution in [0.3, 0.4) is 0 Å². The Kier molecular flexibility index (Phi) is 4.49. The number of hydrogen-bond acceptors (Lipinski definition) is 5. The molecular weight excluding hydrogens is 356 g/mol. The number of nitrogens with one attached hydrogen (secondary N) is 1. The molecule has 0 atom stereocenters. The minimum absolute atomic E-state index is 0.108. The molecule has 1 aromatic carbocycles. The SMILES string of the molecule is Cc1nc(-c2ccc(N(C)Cc3csc4ccccc34)nc2)[nH]c(=O)c1C. The summed E-state index contributed by atoms with van der Waals surface area (Å²) in [6, 6.07) is 12.3. The molecule has 0 bridgehead atoms. The average Bonchev–Trinajstić information content (AvgIpc) is 3.09. The van der Waals surface area contributed by atoms with Gasteiger partial charge in [-0.15, -0.1) is 11.3 Å². The van der Waals surface area contributed by atoms with Crippen LogP contribution in [-0.2, 0) is 6.54 Å². The lowest BCUT2D eigenvalue weighted by Crippen LogP contribution is -2.17. The number of H-pyrrole nitrogens is 1. The van der Waals surface area contributed by atoms with E-state index in [1.807, 2.05) is 26.1 Å². The lowest BCUT2D eigenvalue weighted by molar-refractivity contribution is 0.906. The van der Waals surface area contributed by atoms with E-state index in [0.29, 0.717) is 11.4 Å². The molecule has 5 nitrogen and oxygen atoms in total. The standard InChI is InChI=1S/C21H20N4OS/c1-13-14(2)23-20(24-21(13)26)15-8-9-19(22-10-15)25(3)11-16-12-27-18-7-5-4-6-17(16)18/h4-10,12H,11H2,1-3H3,(H,23,24,26). The Morgan fingerprint density at radius 2 is 1.96 bits per heavy atom. The number of pyridine rings is 1. The van der Waals surface area contributed by atoms with Crippen molar-refractivity contribution < 1.29 is 0 Å². The Balaban J connectivity index is 1.57. The van der Waals surface area contributed by atoms with Gasteiger partial charge >= 0.3 is 0 Å². The quantitative estimate of drug-likeness (QED) is 0.577. The van der Waals surface area contributed by atoms with Gasteiger partial charge in [0.25, 0.3) is 5.56 Å². The zero-order valence-electron chi connectivity index (χ0n) is 15.5. The third kappa shape index (κ3) is 3.36. The molecule has 27 heavy (non-hydrogen) atoms. The van der Waals surface area contributed by atoms with Crippen molar-refractivity contribution in [2.24, 2.45) is 0 Å². The third-order valence-corrected chi connectivity index (χ3v) is 5.79. The molecule has 3 heterocycles. The van der Waals surface area contributed by atoms with Crippen molar-refractivity contribution in [2.75, 3.05) is 11.9 Å². The van der Waals surface area contributed by atoms with Crippen molar-refractivity contribution in [1.29, 1.82) is 0 Å². The molecule has 0 aliphatic carbocycles. The maximum atomic E-state index is 12.0. The Hall–Kier alpha value is -2.99. The highest BCUT2D eigenvalue weighted by atomic mass is 32.1. The molecule has 6 heteroatoms.